The van der Waals surface area contributed by atoms with Crippen molar-refractivity contribution >= 4 is 5.82 Å². The lowest BCUT2D eigenvalue weighted by molar-refractivity contribution is 0.247. The molecule has 0 radical (unpaired) electrons. The third kappa shape index (κ3) is 4.14. The Bertz CT molecular complexity index is 450. The molecule has 2 fully saturated rings. The first kappa shape index (κ1) is 14.7. The monoisotopic (exact) mass is 289 g/mol. The van der Waals surface area contributed by atoms with Crippen molar-refractivity contribution in [3.05, 3.63) is 18.1 Å². The standard InChI is InChI=1S/C16H27N5/c1-13(2)9-17-10-14-11-18-12-16(19-14)21-7-5-20(6-8-21)15-3-4-15/h11-13,15,17H,3-10H2,1-2H3. The van der Waals surface area contributed by atoms with Gasteiger partial charge >= 0.3 is 0 Å². The van der Waals surface area contributed by atoms with E-state index in [4.69, 9.17) is 4.98 Å². The zero-order valence-electron chi connectivity index (χ0n) is 13.3. The molecular weight excluding hydrogens is 262 g/mol. The molecule has 2 aliphatic rings. The molecule has 0 aromatic carbocycles. The summed E-state index contributed by atoms with van der Waals surface area (Å²) in [6.45, 7) is 10.8. The number of hydrogen-bond acceptors (Lipinski definition) is 5. The quantitative estimate of drug-likeness (QED) is 0.860. The van der Waals surface area contributed by atoms with Crippen LogP contribution >= 0.6 is 0 Å². The Kier molecular flexibility index (Phi) is 4.70. The average Bonchev–Trinajstić information content (AvgIpc) is 3.32. The maximum Gasteiger partial charge on any atom is 0.147 e. The summed E-state index contributed by atoms with van der Waals surface area (Å²) in [4.78, 5) is 14.1. The van der Waals surface area contributed by atoms with Gasteiger partial charge in [-0.05, 0) is 25.3 Å². The van der Waals surface area contributed by atoms with Gasteiger partial charge in [-0.25, -0.2) is 4.98 Å². The lowest BCUT2D eigenvalue weighted by Gasteiger charge is -2.35. The topological polar surface area (TPSA) is 44.3 Å². The Labute approximate surface area is 127 Å². The van der Waals surface area contributed by atoms with Crippen molar-refractivity contribution in [3.8, 4) is 0 Å². The number of nitrogens with one attached hydrogen (secondary N) is 1. The van der Waals surface area contributed by atoms with Crippen molar-refractivity contribution in [1.82, 2.24) is 20.2 Å². The fraction of sp³-hybridized carbons (Fsp3) is 0.750. The van der Waals surface area contributed by atoms with Gasteiger partial charge in [0.25, 0.3) is 0 Å². The van der Waals surface area contributed by atoms with Crippen LogP contribution in [0.4, 0.5) is 5.82 Å². The van der Waals surface area contributed by atoms with E-state index < -0.39 is 0 Å². The molecule has 1 saturated heterocycles. The molecule has 2 heterocycles. The van der Waals surface area contributed by atoms with Crippen molar-refractivity contribution in [3.63, 3.8) is 0 Å². The molecule has 1 N–H and O–H groups in total. The van der Waals surface area contributed by atoms with E-state index in [2.05, 4.69) is 33.9 Å². The second-order valence-electron chi connectivity index (χ2n) is 6.65. The SMILES string of the molecule is CC(C)CNCc1cncc(N2CCN(C3CC3)CC2)n1. The minimum absolute atomic E-state index is 0.664. The molecule has 1 aromatic rings. The fourth-order valence-corrected chi connectivity index (χ4v) is 2.88. The highest BCUT2D eigenvalue weighted by Crippen LogP contribution is 2.28. The molecule has 5 heteroatoms. The maximum absolute atomic E-state index is 4.76. The van der Waals surface area contributed by atoms with Gasteiger partial charge in [0.15, 0.2) is 0 Å². The van der Waals surface area contributed by atoms with Gasteiger partial charge < -0.3 is 10.2 Å². The molecule has 0 spiro atoms. The van der Waals surface area contributed by atoms with Crippen LogP contribution in [0.15, 0.2) is 12.4 Å². The van der Waals surface area contributed by atoms with Gasteiger partial charge in [-0.3, -0.25) is 9.88 Å². The van der Waals surface area contributed by atoms with E-state index >= 15 is 0 Å². The van der Waals surface area contributed by atoms with Gasteiger partial charge in [0.2, 0.25) is 0 Å². The van der Waals surface area contributed by atoms with Crippen molar-refractivity contribution in [2.45, 2.75) is 39.3 Å². The number of nitrogens with zero attached hydrogens (tertiary/aromatic N) is 4. The lowest BCUT2D eigenvalue weighted by atomic mass is 10.2. The number of anilines is 1. The van der Waals surface area contributed by atoms with Gasteiger partial charge in [0, 0.05) is 45.0 Å². The normalized spacial score (nSPS) is 20.2. The molecule has 3 rings (SSSR count). The Morgan fingerprint density at radius 2 is 1.95 bits per heavy atom. The summed E-state index contributed by atoms with van der Waals surface area (Å²) in [5.74, 6) is 1.70. The van der Waals surface area contributed by atoms with Gasteiger partial charge in [-0.2, -0.15) is 0 Å². The number of aromatic nitrogens is 2. The first-order chi connectivity index (χ1) is 10.2. The van der Waals surface area contributed by atoms with Gasteiger partial charge in [-0.1, -0.05) is 13.8 Å². The van der Waals surface area contributed by atoms with Crippen molar-refractivity contribution in [2.24, 2.45) is 5.92 Å². The molecule has 5 nitrogen and oxygen atoms in total. The molecule has 0 amide bonds. The van der Waals surface area contributed by atoms with Crippen molar-refractivity contribution in [1.29, 1.82) is 0 Å². The summed E-state index contributed by atoms with van der Waals surface area (Å²) in [7, 11) is 0. The van der Waals surface area contributed by atoms with Gasteiger partial charge in [0.1, 0.15) is 5.82 Å². The largest absolute Gasteiger partial charge is 0.353 e. The minimum atomic E-state index is 0.664. The Balaban J connectivity index is 1.53. The number of hydrogen-bond donors (Lipinski definition) is 1. The zero-order chi connectivity index (χ0) is 14.7. The van der Waals surface area contributed by atoms with Crippen LogP contribution in [-0.2, 0) is 6.54 Å². The van der Waals surface area contributed by atoms with E-state index in [9.17, 15) is 0 Å². The van der Waals surface area contributed by atoms with E-state index in [0.717, 1.165) is 43.7 Å². The van der Waals surface area contributed by atoms with E-state index in [1.54, 1.807) is 0 Å². The first-order valence-corrected chi connectivity index (χ1v) is 8.23. The van der Waals surface area contributed by atoms with Crippen LogP contribution in [0.5, 0.6) is 0 Å². The molecule has 1 saturated carbocycles. The molecule has 0 unspecified atom stereocenters. The summed E-state index contributed by atoms with van der Waals surface area (Å²) in [6, 6.07) is 0.879. The van der Waals surface area contributed by atoms with E-state index in [-0.39, 0.29) is 0 Å². The van der Waals surface area contributed by atoms with E-state index in [1.807, 2.05) is 12.4 Å². The third-order valence-electron chi connectivity index (χ3n) is 4.23. The highest BCUT2D eigenvalue weighted by atomic mass is 15.3. The molecule has 0 atom stereocenters. The molecule has 1 aromatic heterocycles. The molecule has 116 valence electrons. The summed E-state index contributed by atoms with van der Waals surface area (Å²) in [5.41, 5.74) is 1.04. The van der Waals surface area contributed by atoms with Gasteiger partial charge in [0.05, 0.1) is 11.9 Å². The minimum Gasteiger partial charge on any atom is -0.353 e. The Hall–Kier alpha value is -1.20. The maximum atomic E-state index is 4.76. The van der Waals surface area contributed by atoms with Crippen LogP contribution in [0, 0.1) is 5.92 Å². The number of rotatable bonds is 6. The second-order valence-corrected chi connectivity index (χ2v) is 6.65. The van der Waals surface area contributed by atoms with Crippen molar-refractivity contribution < 1.29 is 0 Å². The number of piperazine rings is 1. The van der Waals surface area contributed by atoms with Crippen LogP contribution in [0.25, 0.3) is 0 Å². The second kappa shape index (κ2) is 6.71. The predicted octanol–water partition coefficient (Wildman–Crippen LogP) is 1.51. The van der Waals surface area contributed by atoms with Crippen LogP contribution in [-0.4, -0.2) is 53.6 Å². The highest BCUT2D eigenvalue weighted by Gasteiger charge is 2.31. The molecule has 1 aliphatic heterocycles. The van der Waals surface area contributed by atoms with Crippen LogP contribution in [0.3, 0.4) is 0 Å². The molecule has 21 heavy (non-hydrogen) atoms. The van der Waals surface area contributed by atoms with Crippen LogP contribution in [0.1, 0.15) is 32.4 Å². The molecular formula is C16H27N5. The smallest absolute Gasteiger partial charge is 0.147 e. The Morgan fingerprint density at radius 3 is 2.62 bits per heavy atom. The molecule has 1 aliphatic carbocycles. The summed E-state index contributed by atoms with van der Waals surface area (Å²) in [5, 5.41) is 3.43. The summed E-state index contributed by atoms with van der Waals surface area (Å²) >= 11 is 0. The van der Waals surface area contributed by atoms with E-state index in [1.165, 1.54) is 25.9 Å². The van der Waals surface area contributed by atoms with Crippen LogP contribution < -0.4 is 10.2 Å². The first-order valence-electron chi connectivity index (χ1n) is 8.23. The van der Waals surface area contributed by atoms with Crippen molar-refractivity contribution in [2.75, 3.05) is 37.6 Å². The summed E-state index contributed by atoms with van der Waals surface area (Å²) in [6.07, 6.45) is 6.57. The Morgan fingerprint density at radius 1 is 1.19 bits per heavy atom. The molecule has 0 bridgehead atoms. The zero-order valence-corrected chi connectivity index (χ0v) is 13.3. The van der Waals surface area contributed by atoms with E-state index in [0.29, 0.717) is 5.92 Å². The van der Waals surface area contributed by atoms with Gasteiger partial charge in [-0.15, -0.1) is 0 Å². The summed E-state index contributed by atoms with van der Waals surface area (Å²) < 4.78 is 0. The average molecular weight is 289 g/mol. The lowest BCUT2D eigenvalue weighted by Crippen LogP contribution is -2.47. The third-order valence-corrected chi connectivity index (χ3v) is 4.23. The van der Waals surface area contributed by atoms with Crippen LogP contribution in [0.2, 0.25) is 0 Å². The predicted molar refractivity (Wildman–Crippen MR) is 85.4 cm³/mol. The fourth-order valence-electron chi connectivity index (χ4n) is 2.88. The highest BCUT2D eigenvalue weighted by molar-refractivity contribution is 5.37.